The molecule has 1 rings (SSSR count). The Kier molecular flexibility index (Phi) is 4.16. The third-order valence-corrected chi connectivity index (χ3v) is 3.25. The van der Waals surface area contributed by atoms with Crippen molar-refractivity contribution in [2.75, 3.05) is 11.5 Å². The van der Waals surface area contributed by atoms with Crippen molar-refractivity contribution in [3.8, 4) is 0 Å². The van der Waals surface area contributed by atoms with Crippen LogP contribution in [0.4, 0.5) is 5.69 Å². The van der Waals surface area contributed by atoms with E-state index in [1.807, 2.05) is 17.8 Å². The Labute approximate surface area is 84.7 Å². The van der Waals surface area contributed by atoms with Crippen LogP contribution in [0.15, 0.2) is 23.1 Å². The summed E-state index contributed by atoms with van der Waals surface area (Å²) in [4.78, 5) is 1.39. The standard InChI is InChI=1S/C11H17NS/c1-3-7-13-11-6-5-10(12)8-9(11)4-2/h5-6,8H,3-4,7,12H2,1-2H3. The maximum atomic E-state index is 5.72. The predicted octanol–water partition coefficient (Wildman–Crippen LogP) is 3.33. The summed E-state index contributed by atoms with van der Waals surface area (Å²) in [7, 11) is 0. The molecule has 1 aromatic carbocycles. The number of thioether (sulfide) groups is 1. The number of nitrogen functional groups attached to an aromatic ring is 1. The molecule has 0 aromatic heterocycles. The Hall–Kier alpha value is -0.630. The largest absolute Gasteiger partial charge is 0.399 e. The molecule has 0 aliphatic carbocycles. The molecule has 0 amide bonds. The van der Waals surface area contributed by atoms with Crippen LogP contribution < -0.4 is 5.73 Å². The summed E-state index contributed by atoms with van der Waals surface area (Å²) < 4.78 is 0. The highest BCUT2D eigenvalue weighted by Gasteiger charge is 2.00. The van der Waals surface area contributed by atoms with Gasteiger partial charge in [-0.2, -0.15) is 0 Å². The van der Waals surface area contributed by atoms with Gasteiger partial charge in [0.05, 0.1) is 0 Å². The number of benzene rings is 1. The number of aryl methyl sites for hydroxylation is 1. The first-order valence-corrected chi connectivity index (χ1v) is 5.77. The maximum Gasteiger partial charge on any atom is 0.0317 e. The molecule has 1 nitrogen and oxygen atoms in total. The topological polar surface area (TPSA) is 26.0 Å². The number of hydrogen-bond acceptors (Lipinski definition) is 2. The zero-order chi connectivity index (χ0) is 9.68. The predicted molar refractivity (Wildman–Crippen MR) is 61.2 cm³/mol. The quantitative estimate of drug-likeness (QED) is 0.589. The first-order valence-electron chi connectivity index (χ1n) is 4.79. The van der Waals surface area contributed by atoms with Gasteiger partial charge in [0, 0.05) is 10.6 Å². The second-order valence-corrected chi connectivity index (χ2v) is 4.21. The van der Waals surface area contributed by atoms with Gasteiger partial charge in [-0.05, 0) is 42.4 Å². The van der Waals surface area contributed by atoms with E-state index >= 15 is 0 Å². The summed E-state index contributed by atoms with van der Waals surface area (Å²) in [5, 5.41) is 0. The second-order valence-electron chi connectivity index (χ2n) is 3.07. The fourth-order valence-corrected chi connectivity index (χ4v) is 2.21. The summed E-state index contributed by atoms with van der Waals surface area (Å²) in [5.74, 6) is 1.19. The summed E-state index contributed by atoms with van der Waals surface area (Å²) in [5.41, 5.74) is 7.97. The van der Waals surface area contributed by atoms with Crippen LogP contribution in [0, 0.1) is 0 Å². The third-order valence-electron chi connectivity index (χ3n) is 1.93. The second kappa shape index (κ2) is 5.18. The Bertz CT molecular complexity index is 271. The molecule has 0 aliphatic heterocycles. The minimum absolute atomic E-state index is 0.873. The number of rotatable bonds is 4. The van der Waals surface area contributed by atoms with Gasteiger partial charge in [-0.15, -0.1) is 11.8 Å². The lowest BCUT2D eigenvalue weighted by molar-refractivity contribution is 1.07. The SMILES string of the molecule is CCCSc1ccc(N)cc1CC. The van der Waals surface area contributed by atoms with Gasteiger partial charge in [0.2, 0.25) is 0 Å². The van der Waals surface area contributed by atoms with E-state index in [0.717, 1.165) is 12.1 Å². The molecule has 0 radical (unpaired) electrons. The summed E-state index contributed by atoms with van der Waals surface area (Å²) in [6, 6.07) is 6.20. The van der Waals surface area contributed by atoms with Crippen LogP contribution in [-0.2, 0) is 6.42 Å². The summed E-state index contributed by atoms with van der Waals surface area (Å²) in [6.07, 6.45) is 2.29. The lowest BCUT2D eigenvalue weighted by Gasteiger charge is -2.07. The van der Waals surface area contributed by atoms with E-state index in [4.69, 9.17) is 5.73 Å². The summed E-state index contributed by atoms with van der Waals surface area (Å²) >= 11 is 1.92. The van der Waals surface area contributed by atoms with Crippen molar-refractivity contribution >= 4 is 17.4 Å². The lowest BCUT2D eigenvalue weighted by Crippen LogP contribution is -1.90. The van der Waals surface area contributed by atoms with E-state index in [0.29, 0.717) is 0 Å². The van der Waals surface area contributed by atoms with Crippen LogP contribution in [0.2, 0.25) is 0 Å². The first kappa shape index (κ1) is 10.5. The summed E-state index contributed by atoms with van der Waals surface area (Å²) in [6.45, 7) is 4.38. The van der Waals surface area contributed by atoms with Gasteiger partial charge in [-0.3, -0.25) is 0 Å². The van der Waals surface area contributed by atoms with Gasteiger partial charge < -0.3 is 5.73 Å². The average Bonchev–Trinajstić information content (AvgIpc) is 2.16. The lowest BCUT2D eigenvalue weighted by atomic mass is 10.1. The minimum atomic E-state index is 0.873. The van der Waals surface area contributed by atoms with Crippen molar-refractivity contribution in [1.82, 2.24) is 0 Å². The number of hydrogen-bond donors (Lipinski definition) is 1. The Balaban J connectivity index is 2.79. The van der Waals surface area contributed by atoms with Crippen molar-refractivity contribution in [3.63, 3.8) is 0 Å². The molecule has 72 valence electrons. The van der Waals surface area contributed by atoms with Gasteiger partial charge >= 0.3 is 0 Å². The molecule has 0 aliphatic rings. The molecule has 13 heavy (non-hydrogen) atoms. The molecule has 0 spiro atoms. The normalized spacial score (nSPS) is 10.3. The maximum absolute atomic E-state index is 5.72. The van der Waals surface area contributed by atoms with Crippen molar-refractivity contribution in [2.45, 2.75) is 31.6 Å². The van der Waals surface area contributed by atoms with E-state index in [-0.39, 0.29) is 0 Å². The van der Waals surface area contributed by atoms with Crippen molar-refractivity contribution in [1.29, 1.82) is 0 Å². The van der Waals surface area contributed by atoms with E-state index < -0.39 is 0 Å². The number of nitrogens with two attached hydrogens (primary N) is 1. The fourth-order valence-electron chi connectivity index (χ4n) is 1.23. The molecular weight excluding hydrogens is 178 g/mol. The Morgan fingerprint density at radius 2 is 2.08 bits per heavy atom. The average molecular weight is 195 g/mol. The van der Waals surface area contributed by atoms with Crippen LogP contribution in [0.3, 0.4) is 0 Å². The van der Waals surface area contributed by atoms with Crippen LogP contribution in [0.25, 0.3) is 0 Å². The molecule has 0 bridgehead atoms. The molecule has 0 unspecified atom stereocenters. The fraction of sp³-hybridized carbons (Fsp3) is 0.455. The third kappa shape index (κ3) is 2.96. The molecule has 2 heteroatoms. The molecule has 0 saturated heterocycles. The monoisotopic (exact) mass is 195 g/mol. The Morgan fingerprint density at radius 1 is 1.31 bits per heavy atom. The molecular formula is C11H17NS. The van der Waals surface area contributed by atoms with Crippen molar-refractivity contribution in [3.05, 3.63) is 23.8 Å². The highest BCUT2D eigenvalue weighted by Crippen LogP contribution is 2.25. The molecule has 0 atom stereocenters. The van der Waals surface area contributed by atoms with Crippen molar-refractivity contribution in [2.24, 2.45) is 0 Å². The van der Waals surface area contributed by atoms with Crippen molar-refractivity contribution < 1.29 is 0 Å². The van der Waals surface area contributed by atoms with Gasteiger partial charge in [-0.1, -0.05) is 13.8 Å². The van der Waals surface area contributed by atoms with E-state index in [1.54, 1.807) is 0 Å². The van der Waals surface area contributed by atoms with Gasteiger partial charge in [-0.25, -0.2) is 0 Å². The highest BCUT2D eigenvalue weighted by atomic mass is 32.2. The smallest absolute Gasteiger partial charge is 0.0317 e. The molecule has 0 fully saturated rings. The van der Waals surface area contributed by atoms with E-state index in [9.17, 15) is 0 Å². The molecule has 2 N–H and O–H groups in total. The minimum Gasteiger partial charge on any atom is -0.399 e. The van der Waals surface area contributed by atoms with Crippen LogP contribution >= 0.6 is 11.8 Å². The van der Waals surface area contributed by atoms with Gasteiger partial charge in [0.25, 0.3) is 0 Å². The molecule has 0 saturated carbocycles. The molecule has 0 heterocycles. The highest BCUT2D eigenvalue weighted by molar-refractivity contribution is 7.99. The van der Waals surface area contributed by atoms with E-state index in [2.05, 4.69) is 26.0 Å². The van der Waals surface area contributed by atoms with E-state index in [1.165, 1.54) is 22.6 Å². The molecule has 1 aromatic rings. The number of anilines is 1. The van der Waals surface area contributed by atoms with Crippen LogP contribution in [0.1, 0.15) is 25.8 Å². The van der Waals surface area contributed by atoms with Crippen LogP contribution in [0.5, 0.6) is 0 Å². The zero-order valence-corrected chi connectivity index (χ0v) is 9.16. The first-order chi connectivity index (χ1) is 6.27. The van der Waals surface area contributed by atoms with Gasteiger partial charge in [0.1, 0.15) is 0 Å². The van der Waals surface area contributed by atoms with Gasteiger partial charge in [0.15, 0.2) is 0 Å². The van der Waals surface area contributed by atoms with Crippen LogP contribution in [-0.4, -0.2) is 5.75 Å². The zero-order valence-electron chi connectivity index (χ0n) is 8.34. The Morgan fingerprint density at radius 3 is 2.69 bits per heavy atom.